The van der Waals surface area contributed by atoms with Gasteiger partial charge < -0.3 is 0 Å². The van der Waals surface area contributed by atoms with Gasteiger partial charge in [-0.3, -0.25) is 0 Å². The predicted molar refractivity (Wildman–Crippen MR) is 106 cm³/mol. The molecular formula is C23H20AuP. The zero-order chi connectivity index (χ0) is 17.3. The first kappa shape index (κ1) is 18.2. The Hall–Kier alpha value is -1.61. The summed E-state index contributed by atoms with van der Waals surface area (Å²) in [5.74, 6) is 3.82. The first-order chi connectivity index (χ1) is 12.4. The maximum Gasteiger partial charge on any atom is -0.0134 e. The second-order valence-electron chi connectivity index (χ2n) is 5.84. The van der Waals surface area contributed by atoms with E-state index in [1.165, 1.54) is 28.8 Å². The topological polar surface area (TPSA) is 0 Å². The van der Waals surface area contributed by atoms with Gasteiger partial charge in [0.2, 0.25) is 0 Å². The van der Waals surface area contributed by atoms with Crippen LogP contribution in [0.4, 0.5) is 0 Å². The van der Waals surface area contributed by atoms with Gasteiger partial charge in [0, 0.05) is 0 Å². The molecule has 25 heavy (non-hydrogen) atoms. The molecule has 1 aliphatic carbocycles. The molecule has 3 aromatic carbocycles. The Balaban J connectivity index is 0.000000258. The third-order valence-electron chi connectivity index (χ3n) is 3.87. The number of hydrogen-bond donors (Lipinski definition) is 0. The van der Waals surface area contributed by atoms with E-state index < -0.39 is 7.92 Å². The third kappa shape index (κ3) is 5.71. The quantitative estimate of drug-likeness (QED) is 0.272. The van der Waals surface area contributed by atoms with Crippen molar-refractivity contribution >= 4 is 23.8 Å². The third-order valence-corrected chi connectivity index (χ3v) is 6.62. The zero-order valence-electron chi connectivity index (χ0n) is 13.9. The average Bonchev–Trinajstić information content (AvgIpc) is 3.50. The van der Waals surface area contributed by atoms with E-state index >= 15 is 0 Å². The smallest absolute Gasteiger partial charge is 0.0134 e. The van der Waals surface area contributed by atoms with Crippen LogP contribution < -0.4 is 15.9 Å². The molecule has 1 saturated carbocycles. The van der Waals surface area contributed by atoms with E-state index in [1.807, 2.05) is 0 Å². The molecule has 0 atom stereocenters. The molecule has 3 aromatic rings. The average molecular weight is 524 g/mol. The van der Waals surface area contributed by atoms with Crippen LogP contribution in [0, 0.1) is 16.0 Å². The van der Waals surface area contributed by atoms with Crippen molar-refractivity contribution in [3.8, 4) is 10.1 Å². The SMILES string of the molecule is [Au][C]#CC1CC1.c1ccc(P(c2ccccc2)c2ccccc2)cc1. The molecule has 4 rings (SSSR count). The Morgan fingerprint density at radius 1 is 0.640 bits per heavy atom. The Kier molecular flexibility index (Phi) is 7.10. The molecule has 0 bridgehead atoms. The van der Waals surface area contributed by atoms with Crippen molar-refractivity contribution in [3.05, 3.63) is 91.0 Å². The van der Waals surface area contributed by atoms with Crippen molar-refractivity contribution < 1.29 is 21.1 Å². The van der Waals surface area contributed by atoms with Gasteiger partial charge in [-0.1, -0.05) is 91.0 Å². The van der Waals surface area contributed by atoms with Crippen LogP contribution in [-0.2, 0) is 21.1 Å². The molecule has 0 N–H and O–H groups in total. The van der Waals surface area contributed by atoms with E-state index in [2.05, 4.69) is 122 Å². The number of hydrogen-bond acceptors (Lipinski definition) is 0. The molecule has 0 nitrogen and oxygen atoms in total. The summed E-state index contributed by atoms with van der Waals surface area (Å²) in [6, 6.07) is 32.3. The van der Waals surface area contributed by atoms with Gasteiger partial charge in [-0.25, -0.2) is 0 Å². The molecule has 0 unspecified atom stereocenters. The van der Waals surface area contributed by atoms with Crippen LogP contribution in [0.5, 0.6) is 0 Å². The number of rotatable bonds is 3. The van der Waals surface area contributed by atoms with Crippen LogP contribution >= 0.6 is 7.92 Å². The zero-order valence-corrected chi connectivity index (χ0v) is 17.0. The first-order valence-corrected chi connectivity index (χ1v) is 10.8. The van der Waals surface area contributed by atoms with Crippen molar-refractivity contribution in [2.75, 3.05) is 0 Å². The molecule has 0 amide bonds. The molecular weight excluding hydrogens is 504 g/mol. The van der Waals surface area contributed by atoms with Gasteiger partial charge in [0.05, 0.1) is 0 Å². The summed E-state index contributed by atoms with van der Waals surface area (Å²) < 4.78 is 2.82. The van der Waals surface area contributed by atoms with E-state index in [9.17, 15) is 0 Å². The minimum atomic E-state index is -0.446. The van der Waals surface area contributed by atoms with Crippen LogP contribution in [0.25, 0.3) is 0 Å². The van der Waals surface area contributed by atoms with Crippen molar-refractivity contribution in [1.29, 1.82) is 0 Å². The van der Waals surface area contributed by atoms with Crippen LogP contribution in [0.15, 0.2) is 91.0 Å². The maximum atomic E-state index is 3.04. The molecule has 1 aliphatic rings. The predicted octanol–water partition coefficient (Wildman–Crippen LogP) is 4.35. The van der Waals surface area contributed by atoms with E-state index in [1.54, 1.807) is 0 Å². The van der Waals surface area contributed by atoms with Crippen molar-refractivity contribution in [1.82, 2.24) is 0 Å². The first-order valence-electron chi connectivity index (χ1n) is 8.41. The fourth-order valence-corrected chi connectivity index (χ4v) is 5.22. The standard InChI is InChI=1S/C18H15P.C5H5.Au/c1-4-10-16(11-5-1)19(17-12-6-2-7-13-17)18-14-8-3-9-15-18;1-2-5-3-4-5;/h1-15H;5H,3-4H2;. The van der Waals surface area contributed by atoms with Gasteiger partial charge in [-0.2, -0.15) is 0 Å². The van der Waals surface area contributed by atoms with Gasteiger partial charge in [-0.15, -0.1) is 0 Å². The Morgan fingerprint density at radius 3 is 1.24 bits per heavy atom. The molecule has 1 fully saturated rings. The monoisotopic (exact) mass is 524 g/mol. The van der Waals surface area contributed by atoms with Crippen molar-refractivity contribution in [2.45, 2.75) is 12.8 Å². The summed E-state index contributed by atoms with van der Waals surface area (Å²) >= 11 is 2.24. The molecule has 128 valence electrons. The fourth-order valence-electron chi connectivity index (χ4n) is 2.47. The van der Waals surface area contributed by atoms with Gasteiger partial charge in [0.25, 0.3) is 0 Å². The van der Waals surface area contributed by atoms with Crippen LogP contribution in [0.3, 0.4) is 0 Å². The minimum Gasteiger partial charge on any atom is -0.0622 e. The fraction of sp³-hybridized carbons (Fsp3) is 0.130. The Morgan fingerprint density at radius 2 is 1.00 bits per heavy atom. The largest absolute Gasteiger partial charge is 0.0622 e. The minimum absolute atomic E-state index is 0.446. The molecule has 0 aliphatic heterocycles. The normalized spacial score (nSPS) is 12.6. The molecule has 0 spiro atoms. The summed E-state index contributed by atoms with van der Waals surface area (Å²) in [7, 11) is -0.446. The van der Waals surface area contributed by atoms with Crippen molar-refractivity contribution in [2.24, 2.45) is 5.92 Å². The summed E-state index contributed by atoms with van der Waals surface area (Å²) in [6.07, 6.45) is 2.68. The van der Waals surface area contributed by atoms with Gasteiger partial charge in [0.1, 0.15) is 0 Å². The molecule has 0 heterocycles. The Bertz CT molecular complexity index is 722. The maximum absolute atomic E-state index is 3.04. The van der Waals surface area contributed by atoms with Gasteiger partial charge in [0.15, 0.2) is 0 Å². The van der Waals surface area contributed by atoms with Crippen LogP contribution in [0.2, 0.25) is 0 Å². The van der Waals surface area contributed by atoms with E-state index in [0.29, 0.717) is 0 Å². The van der Waals surface area contributed by atoms with E-state index in [4.69, 9.17) is 0 Å². The molecule has 0 aromatic heterocycles. The summed E-state index contributed by atoms with van der Waals surface area (Å²) in [6.45, 7) is 0. The molecule has 2 heteroatoms. The summed E-state index contributed by atoms with van der Waals surface area (Å²) in [5, 5.41) is 4.19. The second-order valence-corrected chi connectivity index (χ2v) is 8.60. The van der Waals surface area contributed by atoms with Crippen LogP contribution in [-0.4, -0.2) is 0 Å². The van der Waals surface area contributed by atoms with Crippen molar-refractivity contribution in [3.63, 3.8) is 0 Å². The molecule has 0 radical (unpaired) electrons. The van der Waals surface area contributed by atoms with Gasteiger partial charge >= 0.3 is 49.9 Å². The van der Waals surface area contributed by atoms with Gasteiger partial charge in [-0.05, 0) is 23.8 Å². The number of benzene rings is 3. The second kappa shape index (κ2) is 9.76. The summed E-state index contributed by atoms with van der Waals surface area (Å²) in [5.41, 5.74) is 0. The summed E-state index contributed by atoms with van der Waals surface area (Å²) in [4.78, 5) is 0. The van der Waals surface area contributed by atoms with E-state index in [0.717, 1.165) is 5.92 Å². The Labute approximate surface area is 164 Å². The van der Waals surface area contributed by atoms with E-state index in [-0.39, 0.29) is 0 Å². The molecule has 0 saturated heterocycles. The van der Waals surface area contributed by atoms with Crippen LogP contribution in [0.1, 0.15) is 12.8 Å².